The molecular weight excluding hydrogens is 196 g/mol. The predicted molar refractivity (Wildman–Crippen MR) is 54.0 cm³/mol. The maximum Gasteiger partial charge on any atom is 0.169 e. The Kier molecular flexibility index (Phi) is 6.05. The van der Waals surface area contributed by atoms with Gasteiger partial charge in [-0.3, -0.25) is 0 Å². The van der Waals surface area contributed by atoms with Gasteiger partial charge in [-0.2, -0.15) is 0 Å². The quantitative estimate of drug-likeness (QED) is 0.660. The fourth-order valence-electron chi connectivity index (χ4n) is 0.676. The van der Waals surface area contributed by atoms with Crippen molar-refractivity contribution in [3.05, 3.63) is 24.5 Å². The summed E-state index contributed by atoms with van der Waals surface area (Å²) in [4.78, 5) is 14.4. The van der Waals surface area contributed by atoms with Crippen LogP contribution in [0.25, 0.3) is 0 Å². The van der Waals surface area contributed by atoms with Gasteiger partial charge in [-0.05, 0) is 6.92 Å². The van der Waals surface area contributed by atoms with Crippen LogP contribution in [-0.2, 0) is 4.79 Å². The number of carboxylic acids is 1. The molecule has 2 N–H and O–H groups in total. The number of carbonyl (C=O) groups excluding carboxylic acids is 1. The number of nitrogens with one attached hydrogen (secondary N) is 1. The number of aliphatic hydroxyl groups excluding tert-OH is 1. The summed E-state index contributed by atoms with van der Waals surface area (Å²) in [6.45, 7) is 1.13. The normalized spacial score (nSPS) is 10.9. The molecule has 0 saturated heterocycles. The van der Waals surface area contributed by atoms with Crippen LogP contribution in [0, 0.1) is 0 Å². The highest BCUT2D eigenvalue weighted by molar-refractivity contribution is 5.68. The van der Waals surface area contributed by atoms with E-state index in [0.717, 1.165) is 6.92 Å². The highest BCUT2D eigenvalue weighted by atomic mass is 16.4. The van der Waals surface area contributed by atoms with Crippen molar-refractivity contribution < 1.29 is 20.0 Å². The molecule has 0 aliphatic carbocycles. The molecule has 0 spiro atoms. The van der Waals surface area contributed by atoms with E-state index in [9.17, 15) is 9.90 Å². The van der Waals surface area contributed by atoms with Gasteiger partial charge in [0.05, 0.1) is 12.1 Å². The van der Waals surface area contributed by atoms with E-state index >= 15 is 0 Å². The van der Waals surface area contributed by atoms with Crippen molar-refractivity contribution in [3.8, 4) is 0 Å². The zero-order valence-corrected chi connectivity index (χ0v) is 9.10. The van der Waals surface area contributed by atoms with Gasteiger partial charge in [-0.15, -0.1) is 0 Å². The van der Waals surface area contributed by atoms with Gasteiger partial charge >= 0.3 is 0 Å². The van der Waals surface area contributed by atoms with Crippen LogP contribution >= 0.6 is 0 Å². The number of hydrogen-bond acceptors (Lipinski definition) is 4. The second-order valence-electron chi connectivity index (χ2n) is 3.15. The smallest absolute Gasteiger partial charge is 0.169 e. The van der Waals surface area contributed by atoms with Crippen LogP contribution in [0.5, 0.6) is 0 Å². The molecule has 5 heteroatoms. The number of hydrogen-bond donors (Lipinski definition) is 1. The molecule has 0 amide bonds. The molecule has 1 aromatic heterocycles. The number of aromatic nitrogens is 1. The molecule has 0 aromatic carbocycles. The van der Waals surface area contributed by atoms with E-state index in [1.165, 1.54) is 5.69 Å². The van der Waals surface area contributed by atoms with E-state index in [2.05, 4.69) is 9.88 Å². The van der Waals surface area contributed by atoms with Gasteiger partial charge in [0.2, 0.25) is 0 Å². The lowest BCUT2D eigenvalue weighted by molar-refractivity contribution is -0.377. The molecule has 1 rings (SSSR count). The van der Waals surface area contributed by atoms with Crippen LogP contribution in [0.2, 0.25) is 0 Å². The zero-order chi connectivity index (χ0) is 11.8. The van der Waals surface area contributed by atoms with E-state index in [4.69, 9.17) is 5.11 Å². The molecule has 1 atom stereocenters. The van der Waals surface area contributed by atoms with Crippen molar-refractivity contribution in [2.75, 3.05) is 19.0 Å². The summed E-state index contributed by atoms with van der Waals surface area (Å²) in [5.74, 6) is -1.44. The minimum atomic E-state index is -1.44. The Balaban J connectivity index is 0.000000288. The van der Waals surface area contributed by atoms with Crippen LogP contribution in [-0.4, -0.2) is 31.3 Å². The van der Waals surface area contributed by atoms with E-state index in [-0.39, 0.29) is 0 Å². The number of pyridine rings is 1. The van der Waals surface area contributed by atoms with Crippen molar-refractivity contribution in [1.29, 1.82) is 0 Å². The first kappa shape index (κ1) is 13.4. The molecule has 15 heavy (non-hydrogen) atoms. The number of H-pyrrole nitrogens is 1. The second kappa shape index (κ2) is 6.78. The van der Waals surface area contributed by atoms with Crippen LogP contribution in [0.3, 0.4) is 0 Å². The second-order valence-corrected chi connectivity index (χ2v) is 3.15. The maximum atomic E-state index is 9.34. The monoisotopic (exact) mass is 212 g/mol. The van der Waals surface area contributed by atoms with E-state index < -0.39 is 12.1 Å². The van der Waals surface area contributed by atoms with Gasteiger partial charge < -0.3 is 19.9 Å². The molecule has 0 aliphatic rings. The number of carbonyl (C=O) groups is 1. The number of aliphatic carboxylic acids is 1. The van der Waals surface area contributed by atoms with Crippen LogP contribution in [0.4, 0.5) is 5.69 Å². The standard InChI is InChI=1S/C7H10N2.C3H6O3/c1-9(2)7-3-5-8-6-4-7;1-2(4)3(5)6/h3-6H,1-2H3;2,4H,1H3,(H,5,6). The third-order valence-electron chi connectivity index (χ3n) is 1.56. The molecule has 0 aliphatic heterocycles. The Hall–Kier alpha value is -1.62. The van der Waals surface area contributed by atoms with E-state index in [1.54, 1.807) is 0 Å². The van der Waals surface area contributed by atoms with Gasteiger partial charge in [0.25, 0.3) is 0 Å². The zero-order valence-electron chi connectivity index (χ0n) is 9.10. The molecule has 84 valence electrons. The summed E-state index contributed by atoms with van der Waals surface area (Å²) in [5, 5.41) is 17.3. The first-order valence-electron chi connectivity index (χ1n) is 4.47. The van der Waals surface area contributed by atoms with Crippen molar-refractivity contribution in [3.63, 3.8) is 0 Å². The van der Waals surface area contributed by atoms with Crippen molar-refractivity contribution in [1.82, 2.24) is 0 Å². The molecular formula is C10H16N2O3. The highest BCUT2D eigenvalue weighted by Crippen LogP contribution is 2.04. The average molecular weight is 212 g/mol. The summed E-state index contributed by atoms with van der Waals surface area (Å²) in [6.07, 6.45) is 2.48. The summed E-state index contributed by atoms with van der Waals surface area (Å²) in [5.41, 5.74) is 1.22. The van der Waals surface area contributed by atoms with Gasteiger partial charge in [-0.1, -0.05) is 0 Å². The number of nitrogens with zero attached hydrogens (tertiary/aromatic N) is 1. The van der Waals surface area contributed by atoms with Crippen LogP contribution < -0.4 is 15.0 Å². The lowest BCUT2D eigenvalue weighted by Gasteiger charge is -2.08. The predicted octanol–water partition coefficient (Wildman–Crippen LogP) is -1.32. The Bertz CT molecular complexity index is 286. The number of anilines is 1. The lowest BCUT2D eigenvalue weighted by atomic mass is 10.4. The third kappa shape index (κ3) is 6.45. The van der Waals surface area contributed by atoms with Gasteiger partial charge in [0.1, 0.15) is 0 Å². The average Bonchev–Trinajstić information content (AvgIpc) is 2.20. The fraction of sp³-hybridized carbons (Fsp3) is 0.400. The van der Waals surface area contributed by atoms with Gasteiger partial charge in [0.15, 0.2) is 12.4 Å². The minimum absolute atomic E-state index is 1.13. The van der Waals surface area contributed by atoms with Crippen LogP contribution in [0.15, 0.2) is 24.5 Å². The summed E-state index contributed by atoms with van der Waals surface area (Å²) < 4.78 is 0. The lowest BCUT2D eigenvalue weighted by Crippen LogP contribution is -2.32. The number of carboxylic acid groups (broad SMARTS) is 1. The maximum absolute atomic E-state index is 9.34. The van der Waals surface area contributed by atoms with Crippen molar-refractivity contribution in [2.24, 2.45) is 0 Å². The number of aromatic amines is 1. The van der Waals surface area contributed by atoms with Crippen molar-refractivity contribution in [2.45, 2.75) is 13.0 Å². The third-order valence-corrected chi connectivity index (χ3v) is 1.56. The molecule has 0 radical (unpaired) electrons. The fourth-order valence-corrected chi connectivity index (χ4v) is 0.676. The molecule has 1 heterocycles. The van der Waals surface area contributed by atoms with Crippen LogP contribution in [0.1, 0.15) is 6.92 Å². The Morgan fingerprint density at radius 2 is 1.87 bits per heavy atom. The topological polar surface area (TPSA) is 77.7 Å². The first-order valence-corrected chi connectivity index (χ1v) is 4.47. The summed E-state index contributed by atoms with van der Waals surface area (Å²) in [6, 6.07) is 4.06. The Morgan fingerprint density at radius 1 is 1.47 bits per heavy atom. The molecule has 1 aromatic rings. The highest BCUT2D eigenvalue weighted by Gasteiger charge is 1.91. The largest absolute Gasteiger partial charge is 0.547 e. The summed E-state index contributed by atoms with van der Waals surface area (Å²) >= 11 is 0. The molecule has 5 nitrogen and oxygen atoms in total. The number of rotatable bonds is 2. The van der Waals surface area contributed by atoms with Gasteiger partial charge in [-0.25, -0.2) is 4.98 Å². The molecule has 0 bridgehead atoms. The summed E-state index contributed by atoms with van der Waals surface area (Å²) in [7, 11) is 4.05. The molecule has 1 unspecified atom stereocenters. The Morgan fingerprint density at radius 3 is 2.07 bits per heavy atom. The SMILES string of the molecule is CC(O)C(=O)[O-].CN(C)c1cc[nH+]cc1. The first-order chi connectivity index (χ1) is 6.95. The molecule has 0 fully saturated rings. The van der Waals surface area contributed by atoms with E-state index in [1.807, 2.05) is 38.6 Å². The minimum Gasteiger partial charge on any atom is -0.547 e. The van der Waals surface area contributed by atoms with Gasteiger partial charge in [0, 0.05) is 31.9 Å². The van der Waals surface area contributed by atoms with Crippen molar-refractivity contribution >= 4 is 11.7 Å². The van der Waals surface area contributed by atoms with E-state index in [0.29, 0.717) is 0 Å². The Labute approximate surface area is 89.0 Å². The molecule has 0 saturated carbocycles. The number of aliphatic hydroxyl groups is 1.